The van der Waals surface area contributed by atoms with Gasteiger partial charge in [-0.15, -0.1) is 5.10 Å². The van der Waals surface area contributed by atoms with Gasteiger partial charge in [-0.25, -0.2) is 4.39 Å². The van der Waals surface area contributed by atoms with Crippen LogP contribution in [-0.2, 0) is 0 Å². The van der Waals surface area contributed by atoms with Gasteiger partial charge >= 0.3 is 6.01 Å². The van der Waals surface area contributed by atoms with E-state index in [4.69, 9.17) is 0 Å². The largest absolute Gasteiger partial charge is 0.411 e. The highest BCUT2D eigenvalue weighted by Crippen LogP contribution is 1.95. The minimum absolute atomic E-state index is 0.104. The maximum atomic E-state index is 11.3. The first kappa shape index (κ1) is 5.02. The molecular weight excluding hydrogens is 113 g/mol. The van der Waals surface area contributed by atoms with Gasteiger partial charge in [0.1, 0.15) is 0 Å². The van der Waals surface area contributed by atoms with Crippen LogP contribution in [-0.4, -0.2) is 17.0 Å². The van der Waals surface area contributed by atoms with Gasteiger partial charge in [0.05, 0.1) is 0 Å². The van der Waals surface area contributed by atoms with E-state index in [9.17, 15) is 4.39 Å². The number of rotatable bonds is 2. The van der Waals surface area contributed by atoms with Crippen LogP contribution in [0, 0.1) is 0 Å². The highest BCUT2D eigenvalue weighted by molar-refractivity contribution is 5.13. The molecule has 0 aliphatic heterocycles. The lowest BCUT2D eigenvalue weighted by Gasteiger charge is -1.86. The van der Waals surface area contributed by atoms with E-state index in [-0.39, 0.29) is 6.01 Å². The van der Waals surface area contributed by atoms with Crippen LogP contribution < -0.4 is 5.32 Å². The lowest BCUT2D eigenvalue weighted by atomic mass is 11.1. The molecule has 4 nitrogen and oxygen atoms in total. The minimum Gasteiger partial charge on any atom is -0.411 e. The molecule has 0 saturated heterocycles. The Balaban J connectivity index is 2.50. The van der Waals surface area contributed by atoms with Gasteiger partial charge in [-0.2, -0.15) is 0 Å². The maximum absolute atomic E-state index is 11.3. The highest BCUT2D eigenvalue weighted by Gasteiger charge is 1.91. The number of anilines is 1. The Morgan fingerprint density at radius 2 is 2.75 bits per heavy atom. The molecule has 0 spiro atoms. The average Bonchev–Trinajstić information content (AvgIpc) is 2.19. The van der Waals surface area contributed by atoms with E-state index in [1.165, 1.54) is 0 Å². The molecule has 1 aromatic rings. The van der Waals surface area contributed by atoms with Crippen LogP contribution >= 0.6 is 0 Å². The molecule has 1 rings (SSSR count). The topological polar surface area (TPSA) is 51.0 Å². The van der Waals surface area contributed by atoms with Gasteiger partial charge in [-0.3, -0.25) is 0 Å². The molecule has 1 N–H and O–H groups in total. The van der Waals surface area contributed by atoms with E-state index in [1.807, 2.05) is 0 Å². The summed E-state index contributed by atoms with van der Waals surface area (Å²) in [4.78, 5) is 0. The van der Waals surface area contributed by atoms with E-state index in [1.54, 1.807) is 0 Å². The fraction of sp³-hybridized carbons (Fsp3) is 0.333. The molecule has 0 amide bonds. The van der Waals surface area contributed by atoms with E-state index in [2.05, 4.69) is 19.9 Å². The van der Waals surface area contributed by atoms with Gasteiger partial charge in [0.2, 0.25) is 6.39 Å². The third-order valence-corrected chi connectivity index (χ3v) is 0.578. The Labute approximate surface area is 44.7 Å². The monoisotopic (exact) mass is 117 g/mol. The molecule has 8 heavy (non-hydrogen) atoms. The van der Waals surface area contributed by atoms with Crippen LogP contribution in [0.1, 0.15) is 0 Å². The van der Waals surface area contributed by atoms with Crippen LogP contribution in [0.2, 0.25) is 0 Å². The Morgan fingerprint density at radius 1 is 1.88 bits per heavy atom. The Morgan fingerprint density at radius 3 is 3.25 bits per heavy atom. The summed E-state index contributed by atoms with van der Waals surface area (Å²) >= 11 is 0. The van der Waals surface area contributed by atoms with Crippen molar-refractivity contribution in [1.29, 1.82) is 0 Å². The van der Waals surface area contributed by atoms with Gasteiger partial charge in [-0.05, 0) is 0 Å². The van der Waals surface area contributed by atoms with E-state index in [0.29, 0.717) is 0 Å². The maximum Gasteiger partial charge on any atom is 0.317 e. The van der Waals surface area contributed by atoms with Gasteiger partial charge in [0.25, 0.3) is 0 Å². The van der Waals surface area contributed by atoms with Crippen LogP contribution in [0.3, 0.4) is 0 Å². The molecular formula is C3H4FN3O. The summed E-state index contributed by atoms with van der Waals surface area (Å²) in [6.45, 7) is -0.692. The second-order valence-electron chi connectivity index (χ2n) is 1.05. The van der Waals surface area contributed by atoms with Crippen LogP contribution in [0.4, 0.5) is 10.4 Å². The van der Waals surface area contributed by atoms with Crippen molar-refractivity contribution in [2.45, 2.75) is 0 Å². The number of nitrogens with zero attached hydrogens (tertiary/aromatic N) is 2. The zero-order valence-corrected chi connectivity index (χ0v) is 3.97. The van der Waals surface area contributed by atoms with Crippen molar-refractivity contribution in [2.24, 2.45) is 0 Å². The molecule has 44 valence electrons. The fourth-order valence-corrected chi connectivity index (χ4v) is 0.307. The lowest BCUT2D eigenvalue weighted by Crippen LogP contribution is -1.94. The summed E-state index contributed by atoms with van der Waals surface area (Å²) in [7, 11) is 0. The van der Waals surface area contributed by atoms with Gasteiger partial charge in [0, 0.05) is 0 Å². The molecule has 1 aromatic heterocycles. The molecule has 0 fully saturated rings. The molecule has 0 unspecified atom stereocenters. The summed E-state index contributed by atoms with van der Waals surface area (Å²) in [6.07, 6.45) is 1.12. The SMILES string of the molecule is FCNc1nnco1. The van der Waals surface area contributed by atoms with Crippen LogP contribution in [0.25, 0.3) is 0 Å². The normalized spacial score (nSPS) is 9.12. The third-order valence-electron chi connectivity index (χ3n) is 0.578. The molecule has 0 atom stereocenters. The second kappa shape index (κ2) is 2.25. The third kappa shape index (κ3) is 0.927. The minimum atomic E-state index is -0.692. The van der Waals surface area contributed by atoms with E-state index < -0.39 is 6.80 Å². The molecule has 0 saturated carbocycles. The van der Waals surface area contributed by atoms with Crippen LogP contribution in [0.5, 0.6) is 0 Å². The van der Waals surface area contributed by atoms with E-state index >= 15 is 0 Å². The van der Waals surface area contributed by atoms with E-state index in [0.717, 1.165) is 6.39 Å². The zero-order valence-electron chi connectivity index (χ0n) is 3.97. The molecule has 5 heteroatoms. The fourth-order valence-electron chi connectivity index (χ4n) is 0.307. The molecule has 0 aliphatic rings. The first-order chi connectivity index (χ1) is 3.93. The van der Waals surface area contributed by atoms with Crippen LogP contribution in [0.15, 0.2) is 10.8 Å². The summed E-state index contributed by atoms with van der Waals surface area (Å²) in [6, 6.07) is 0.104. The molecule has 0 radical (unpaired) electrons. The number of hydrogen-bond acceptors (Lipinski definition) is 4. The quantitative estimate of drug-likeness (QED) is 0.570. The van der Waals surface area contributed by atoms with Crippen molar-refractivity contribution in [3.05, 3.63) is 6.39 Å². The Hall–Kier alpha value is -1.13. The highest BCUT2D eigenvalue weighted by atomic mass is 19.1. The molecule has 0 aliphatic carbocycles. The summed E-state index contributed by atoms with van der Waals surface area (Å²) in [5, 5.41) is 8.81. The van der Waals surface area contributed by atoms with Crippen molar-refractivity contribution in [3.63, 3.8) is 0 Å². The number of aromatic nitrogens is 2. The first-order valence-electron chi connectivity index (χ1n) is 1.99. The van der Waals surface area contributed by atoms with Gasteiger partial charge in [0.15, 0.2) is 6.80 Å². The van der Waals surface area contributed by atoms with Crippen molar-refractivity contribution in [3.8, 4) is 0 Å². The van der Waals surface area contributed by atoms with Crippen molar-refractivity contribution < 1.29 is 8.81 Å². The number of hydrogen-bond donors (Lipinski definition) is 1. The molecule has 0 bridgehead atoms. The first-order valence-corrected chi connectivity index (χ1v) is 1.99. The smallest absolute Gasteiger partial charge is 0.317 e. The summed E-state index contributed by atoms with van der Waals surface area (Å²) in [5.74, 6) is 0. The summed E-state index contributed by atoms with van der Waals surface area (Å²) in [5.41, 5.74) is 0. The predicted molar refractivity (Wildman–Crippen MR) is 23.9 cm³/mol. The standard InChI is InChI=1S/C3H4FN3O/c4-1-5-3-7-6-2-8-3/h2H,1H2,(H,5,7). The predicted octanol–water partition coefficient (Wildman–Crippen LogP) is 0.408. The van der Waals surface area contributed by atoms with Crippen molar-refractivity contribution in [2.75, 3.05) is 12.1 Å². The average molecular weight is 117 g/mol. The van der Waals surface area contributed by atoms with Crippen molar-refractivity contribution >= 4 is 6.01 Å². The lowest BCUT2D eigenvalue weighted by molar-refractivity contribution is 0.503. The number of halogens is 1. The Kier molecular flexibility index (Phi) is 1.41. The number of nitrogens with one attached hydrogen (secondary N) is 1. The molecule has 0 aromatic carbocycles. The Bertz CT molecular complexity index is 140. The van der Waals surface area contributed by atoms with Gasteiger partial charge in [-0.1, -0.05) is 5.10 Å². The summed E-state index contributed by atoms with van der Waals surface area (Å²) < 4.78 is 15.8. The zero-order chi connectivity index (χ0) is 5.82. The second-order valence-corrected chi connectivity index (χ2v) is 1.05. The van der Waals surface area contributed by atoms with Crippen molar-refractivity contribution in [1.82, 2.24) is 10.2 Å². The van der Waals surface area contributed by atoms with Gasteiger partial charge < -0.3 is 9.73 Å². The molecule has 1 heterocycles. The number of alkyl halides is 1.